The van der Waals surface area contributed by atoms with Gasteiger partial charge in [-0.25, -0.2) is 19.3 Å². The van der Waals surface area contributed by atoms with Crippen LogP contribution in [0.3, 0.4) is 0 Å². The minimum atomic E-state index is -3.28. The van der Waals surface area contributed by atoms with E-state index >= 15 is 0 Å². The van der Waals surface area contributed by atoms with Crippen molar-refractivity contribution in [3.05, 3.63) is 47.3 Å². The Bertz CT molecular complexity index is 1670. The summed E-state index contributed by atoms with van der Waals surface area (Å²) in [4.78, 5) is 13.1. The third-order valence-corrected chi connectivity index (χ3v) is 21.3. The maximum absolute atomic E-state index is 14.7. The van der Waals surface area contributed by atoms with Gasteiger partial charge < -0.3 is 28.4 Å². The van der Waals surface area contributed by atoms with Gasteiger partial charge in [0.15, 0.2) is 34.3 Å². The summed E-state index contributed by atoms with van der Waals surface area (Å²) in [5.74, 6) is -0.232. The van der Waals surface area contributed by atoms with Crippen LogP contribution in [0, 0.1) is 5.82 Å². The Morgan fingerprint density at radius 3 is 2.30 bits per heavy atom. The van der Waals surface area contributed by atoms with Crippen LogP contribution >= 0.6 is 18.3 Å². The van der Waals surface area contributed by atoms with Gasteiger partial charge in [0, 0.05) is 10.6 Å². The Kier molecular flexibility index (Phi) is 10.3. The first-order valence-electron chi connectivity index (χ1n) is 15.6. The van der Waals surface area contributed by atoms with Crippen molar-refractivity contribution in [1.29, 1.82) is 0 Å². The molecule has 260 valence electrons. The largest absolute Gasteiger partial charge is 0.408 e. The van der Waals surface area contributed by atoms with E-state index in [-0.39, 0.29) is 34.1 Å². The van der Waals surface area contributed by atoms with Gasteiger partial charge in [0.1, 0.15) is 42.1 Å². The van der Waals surface area contributed by atoms with Crippen LogP contribution in [0.5, 0.6) is 0 Å². The summed E-state index contributed by atoms with van der Waals surface area (Å²) in [7, 11) is -4.80. The standard InChI is InChI=1S/C30H46ClFN5O6PSSi2/c1-29(2,3)46(7,8)42-24-22(15-39-44(45)38-14-21(41-44)19-12-11-18(31)13-20(19)32)40-28(25(24)43-47(9,10)30(4,5)6)37-17-36-23-26(33)34-16-35-27(23)37/h11-13,16-17,21-22,24-25,28H,14-15H2,1-10H3,(H2,33,34,35)/t21?,22-,24-,25-,28-,44?/m1/s1. The molecule has 3 aromatic rings. The summed E-state index contributed by atoms with van der Waals surface area (Å²) in [6.07, 6.45) is -0.129. The Hall–Kier alpha value is -1.37. The number of ether oxygens (including phenoxy) is 1. The van der Waals surface area contributed by atoms with Gasteiger partial charge in [0.25, 0.3) is 0 Å². The third kappa shape index (κ3) is 7.55. The van der Waals surface area contributed by atoms with Gasteiger partial charge in [-0.05, 0) is 60.2 Å². The summed E-state index contributed by atoms with van der Waals surface area (Å²) < 4.78 is 55.9. The van der Waals surface area contributed by atoms with Gasteiger partial charge in [-0.1, -0.05) is 59.2 Å². The van der Waals surface area contributed by atoms with E-state index in [0.29, 0.717) is 16.7 Å². The van der Waals surface area contributed by atoms with Crippen LogP contribution in [0.4, 0.5) is 10.2 Å². The highest BCUT2D eigenvalue weighted by Gasteiger charge is 2.55. The Labute approximate surface area is 288 Å². The van der Waals surface area contributed by atoms with Crippen LogP contribution in [0.15, 0.2) is 30.9 Å². The summed E-state index contributed by atoms with van der Waals surface area (Å²) >= 11 is 11.7. The second kappa shape index (κ2) is 13.1. The zero-order valence-corrected chi connectivity index (χ0v) is 33.1. The number of rotatable bonds is 9. The Morgan fingerprint density at radius 1 is 1.04 bits per heavy atom. The molecule has 2 N–H and O–H groups in total. The lowest BCUT2D eigenvalue weighted by Crippen LogP contribution is -2.54. The fourth-order valence-corrected chi connectivity index (χ4v) is 9.71. The molecule has 0 amide bonds. The minimum absolute atomic E-state index is 0.00992. The van der Waals surface area contributed by atoms with E-state index in [0.717, 1.165) is 0 Å². The zero-order chi connectivity index (χ0) is 34.7. The van der Waals surface area contributed by atoms with Gasteiger partial charge >= 0.3 is 6.72 Å². The molecule has 2 unspecified atom stereocenters. The number of hydrogen-bond donors (Lipinski definition) is 1. The highest BCUT2D eigenvalue weighted by Crippen LogP contribution is 2.60. The first-order valence-corrected chi connectivity index (χ1v) is 24.3. The lowest BCUT2D eigenvalue weighted by Gasteiger charge is -2.44. The molecule has 0 saturated carbocycles. The van der Waals surface area contributed by atoms with Crippen molar-refractivity contribution in [2.24, 2.45) is 0 Å². The van der Waals surface area contributed by atoms with Crippen molar-refractivity contribution in [1.82, 2.24) is 19.5 Å². The van der Waals surface area contributed by atoms with E-state index in [1.807, 2.05) is 4.57 Å². The number of nitrogens with zero attached hydrogens (tertiary/aromatic N) is 4. The molecular weight excluding hydrogens is 700 g/mol. The highest BCUT2D eigenvalue weighted by atomic mass is 35.5. The Balaban J connectivity index is 1.50. The van der Waals surface area contributed by atoms with Gasteiger partial charge in [-0.2, -0.15) is 0 Å². The molecule has 1 aromatic carbocycles. The fourth-order valence-electron chi connectivity index (χ4n) is 4.94. The monoisotopic (exact) mass is 745 g/mol. The number of imidazole rings is 1. The van der Waals surface area contributed by atoms with E-state index in [1.165, 1.54) is 12.4 Å². The highest BCUT2D eigenvalue weighted by molar-refractivity contribution is 8.07. The van der Waals surface area contributed by atoms with Gasteiger partial charge in [0.2, 0.25) is 0 Å². The number of benzene rings is 1. The predicted molar refractivity (Wildman–Crippen MR) is 189 cm³/mol. The van der Waals surface area contributed by atoms with Gasteiger partial charge in [0.05, 0.1) is 19.5 Å². The predicted octanol–water partition coefficient (Wildman–Crippen LogP) is 7.91. The molecule has 17 heteroatoms. The van der Waals surface area contributed by atoms with Crippen molar-refractivity contribution in [3.63, 3.8) is 0 Å². The maximum Gasteiger partial charge on any atom is 0.328 e. The number of halogens is 2. The van der Waals surface area contributed by atoms with Crippen molar-refractivity contribution in [2.45, 2.75) is 108 Å². The minimum Gasteiger partial charge on any atom is -0.408 e. The smallest absolute Gasteiger partial charge is 0.328 e. The zero-order valence-electron chi connectivity index (χ0n) is 28.6. The summed E-state index contributed by atoms with van der Waals surface area (Å²) in [6, 6.07) is 4.40. The van der Waals surface area contributed by atoms with E-state index < -0.39 is 59.8 Å². The van der Waals surface area contributed by atoms with Gasteiger partial charge in [-0.15, -0.1) is 0 Å². The Morgan fingerprint density at radius 2 is 1.68 bits per heavy atom. The molecule has 0 bridgehead atoms. The summed E-state index contributed by atoms with van der Waals surface area (Å²) in [5, 5.41) is 0.0717. The lowest BCUT2D eigenvalue weighted by atomic mass is 10.1. The molecule has 4 heterocycles. The SMILES string of the molecule is CC(C)(C)[Si](C)(C)O[C@@H]1[C@H](O[Si](C)(C)C(C)(C)C)[C@@H](COP2(=S)OCC(c3ccc(Cl)cc3F)O2)O[C@H]1n1cnc2c(N)ncnc21. The van der Waals surface area contributed by atoms with Crippen LogP contribution in [0.25, 0.3) is 11.2 Å². The van der Waals surface area contributed by atoms with Crippen molar-refractivity contribution in [3.8, 4) is 0 Å². The lowest BCUT2D eigenvalue weighted by molar-refractivity contribution is -0.0468. The van der Waals surface area contributed by atoms with E-state index in [1.54, 1.807) is 18.5 Å². The molecule has 2 saturated heterocycles. The molecule has 2 aliphatic rings. The number of hydrogen-bond acceptors (Lipinski definition) is 11. The second-order valence-corrected chi connectivity index (χ2v) is 28.0. The molecule has 6 atom stereocenters. The number of aromatic nitrogens is 4. The molecule has 47 heavy (non-hydrogen) atoms. The van der Waals surface area contributed by atoms with Crippen molar-refractivity contribution in [2.75, 3.05) is 18.9 Å². The summed E-state index contributed by atoms with van der Waals surface area (Å²) in [5.41, 5.74) is 7.44. The molecule has 5 rings (SSSR count). The quantitative estimate of drug-likeness (QED) is 0.170. The van der Waals surface area contributed by atoms with E-state index in [9.17, 15) is 4.39 Å². The number of nitrogens with two attached hydrogens (primary N) is 1. The maximum atomic E-state index is 14.7. The summed E-state index contributed by atoms with van der Waals surface area (Å²) in [6.45, 7) is 18.7. The third-order valence-electron chi connectivity index (χ3n) is 9.77. The van der Waals surface area contributed by atoms with Crippen LogP contribution in [0.2, 0.25) is 41.3 Å². The molecule has 2 aromatic heterocycles. The molecular formula is C30H46ClFN5O6PSSi2. The normalized spacial score (nSPS) is 27.6. The fraction of sp³-hybridized carbons (Fsp3) is 0.633. The van der Waals surface area contributed by atoms with Crippen molar-refractivity contribution >= 4 is 63.7 Å². The average molecular weight is 746 g/mol. The molecule has 0 spiro atoms. The molecule has 0 aliphatic carbocycles. The number of fused-ring (bicyclic) bond motifs is 1. The molecule has 11 nitrogen and oxygen atoms in total. The molecule has 2 fully saturated rings. The average Bonchev–Trinajstić information content (AvgIpc) is 3.63. The van der Waals surface area contributed by atoms with Crippen molar-refractivity contribution < 1.29 is 31.6 Å². The first kappa shape index (κ1) is 36.9. The number of anilines is 1. The van der Waals surface area contributed by atoms with Crippen LogP contribution in [-0.4, -0.2) is 67.7 Å². The van der Waals surface area contributed by atoms with Gasteiger partial charge in [-0.3, -0.25) is 9.09 Å². The van der Waals surface area contributed by atoms with Crippen LogP contribution in [0.1, 0.15) is 59.4 Å². The molecule has 0 radical (unpaired) electrons. The van der Waals surface area contributed by atoms with Crippen LogP contribution < -0.4 is 5.73 Å². The topological polar surface area (TPSA) is 125 Å². The van der Waals surface area contributed by atoms with Crippen LogP contribution in [-0.2, 0) is 39.0 Å². The molecule has 2 aliphatic heterocycles. The second-order valence-electron chi connectivity index (χ2n) is 15.1. The number of nitrogen functional groups attached to an aromatic ring is 1. The van der Waals surface area contributed by atoms with E-state index in [2.05, 4.69) is 82.7 Å². The van der Waals surface area contributed by atoms with E-state index in [4.69, 9.17) is 56.3 Å². The first-order chi connectivity index (χ1) is 21.6.